The van der Waals surface area contributed by atoms with Gasteiger partial charge in [-0.2, -0.15) is 0 Å². The van der Waals surface area contributed by atoms with Crippen LogP contribution in [0.5, 0.6) is 5.75 Å². The fourth-order valence-corrected chi connectivity index (χ4v) is 3.30. The van der Waals surface area contributed by atoms with Crippen molar-refractivity contribution in [1.82, 2.24) is 10.2 Å². The normalized spacial score (nSPS) is 23.3. The molecular weight excluding hydrogens is 346 g/mol. The van der Waals surface area contributed by atoms with Crippen molar-refractivity contribution in [2.24, 2.45) is 0 Å². The van der Waals surface area contributed by atoms with Gasteiger partial charge in [-0.1, -0.05) is 12.1 Å². The van der Waals surface area contributed by atoms with E-state index >= 15 is 4.39 Å². The monoisotopic (exact) mass is 376 g/mol. The van der Waals surface area contributed by atoms with Crippen molar-refractivity contribution in [1.29, 1.82) is 0 Å². The second-order valence-electron chi connectivity index (χ2n) is 8.17. The largest absolute Gasteiger partial charge is 0.525 e. The molecule has 2 aliphatic rings. The Morgan fingerprint density at radius 2 is 1.81 bits per heavy atom. The van der Waals surface area contributed by atoms with Crippen LogP contribution < -0.4 is 10.1 Å². The van der Waals surface area contributed by atoms with Crippen LogP contribution in [0.3, 0.4) is 0 Å². The SMILES string of the molecule is COc1cccc(C(CN2CCNCC2)=C(F)B2OC(C)(C)C(C)(C)O2)c1. The van der Waals surface area contributed by atoms with Crippen molar-refractivity contribution in [2.45, 2.75) is 38.9 Å². The third-order valence-electron chi connectivity index (χ3n) is 5.76. The summed E-state index contributed by atoms with van der Waals surface area (Å²) in [5.41, 5.74) is -0.137. The van der Waals surface area contributed by atoms with Gasteiger partial charge in [-0.05, 0) is 45.4 Å². The molecule has 27 heavy (non-hydrogen) atoms. The Morgan fingerprint density at radius 3 is 2.41 bits per heavy atom. The molecule has 0 aliphatic carbocycles. The van der Waals surface area contributed by atoms with Crippen LogP contribution in [0, 0.1) is 0 Å². The lowest BCUT2D eigenvalue weighted by atomic mass is 9.82. The van der Waals surface area contributed by atoms with Crippen LogP contribution in [0.4, 0.5) is 4.39 Å². The van der Waals surface area contributed by atoms with Crippen LogP contribution >= 0.6 is 0 Å². The molecule has 2 heterocycles. The van der Waals surface area contributed by atoms with Gasteiger partial charge in [0.25, 0.3) is 0 Å². The van der Waals surface area contributed by atoms with Gasteiger partial charge >= 0.3 is 7.12 Å². The van der Waals surface area contributed by atoms with E-state index in [-0.39, 0.29) is 5.73 Å². The minimum atomic E-state index is -1.00. The van der Waals surface area contributed by atoms with Crippen LogP contribution in [-0.2, 0) is 9.31 Å². The fourth-order valence-electron chi connectivity index (χ4n) is 3.30. The lowest BCUT2D eigenvalue weighted by Gasteiger charge is -2.32. The Kier molecular flexibility index (Phi) is 5.96. The van der Waals surface area contributed by atoms with Gasteiger partial charge in [0.15, 0.2) is 0 Å². The van der Waals surface area contributed by atoms with Crippen LogP contribution in [0.25, 0.3) is 5.57 Å². The number of hydrogen-bond acceptors (Lipinski definition) is 5. The van der Waals surface area contributed by atoms with Crippen LogP contribution in [0.2, 0.25) is 0 Å². The number of methoxy groups -OCH3 is 1. The molecule has 5 nitrogen and oxygen atoms in total. The maximum atomic E-state index is 15.7. The third kappa shape index (κ3) is 4.37. The van der Waals surface area contributed by atoms with Gasteiger partial charge in [0, 0.05) is 38.3 Å². The number of nitrogens with one attached hydrogen (secondary N) is 1. The summed E-state index contributed by atoms with van der Waals surface area (Å²) in [4.78, 5) is 2.25. The molecule has 2 fully saturated rings. The van der Waals surface area contributed by atoms with Crippen molar-refractivity contribution in [2.75, 3.05) is 39.8 Å². The Morgan fingerprint density at radius 1 is 1.19 bits per heavy atom. The van der Waals surface area contributed by atoms with Gasteiger partial charge in [0.05, 0.1) is 18.3 Å². The lowest BCUT2D eigenvalue weighted by molar-refractivity contribution is 0.00578. The van der Waals surface area contributed by atoms with Crippen molar-refractivity contribution < 1.29 is 18.4 Å². The summed E-state index contributed by atoms with van der Waals surface area (Å²) < 4.78 is 32.9. The van der Waals surface area contributed by atoms with Gasteiger partial charge in [0.1, 0.15) is 11.5 Å². The third-order valence-corrected chi connectivity index (χ3v) is 5.76. The summed E-state index contributed by atoms with van der Waals surface area (Å²) in [6.07, 6.45) is 0. The van der Waals surface area contributed by atoms with E-state index in [1.54, 1.807) is 7.11 Å². The molecule has 0 atom stereocenters. The highest BCUT2D eigenvalue weighted by Crippen LogP contribution is 2.40. The van der Waals surface area contributed by atoms with Crippen LogP contribution in [0.15, 0.2) is 30.0 Å². The van der Waals surface area contributed by atoms with Crippen molar-refractivity contribution in [3.63, 3.8) is 0 Å². The Bertz CT molecular complexity index is 686. The van der Waals surface area contributed by atoms with E-state index in [9.17, 15) is 0 Å². The van der Waals surface area contributed by atoms with Crippen molar-refractivity contribution >= 4 is 12.7 Å². The molecule has 7 heteroatoms. The highest BCUT2D eigenvalue weighted by molar-refractivity contribution is 6.55. The Labute approximate surface area is 162 Å². The zero-order valence-electron chi connectivity index (χ0n) is 17.0. The van der Waals surface area contributed by atoms with Crippen molar-refractivity contribution in [3.05, 3.63) is 35.6 Å². The van der Waals surface area contributed by atoms with Gasteiger partial charge in [-0.15, -0.1) is 0 Å². The zero-order chi connectivity index (χ0) is 19.7. The highest BCUT2D eigenvalue weighted by atomic mass is 19.1. The smallest absolute Gasteiger partial charge is 0.497 e. The van der Waals surface area contributed by atoms with E-state index in [0.717, 1.165) is 31.7 Å². The van der Waals surface area contributed by atoms with E-state index < -0.39 is 18.3 Å². The molecule has 2 saturated heterocycles. The first kappa shape index (κ1) is 20.3. The van der Waals surface area contributed by atoms with E-state index in [1.165, 1.54) is 0 Å². The maximum Gasteiger partial charge on any atom is 0.525 e. The summed E-state index contributed by atoms with van der Waals surface area (Å²) in [5.74, 6) is 0.701. The standard InChI is InChI=1S/C20H30BFN2O3/c1-19(2)20(3,4)27-21(26-19)18(22)17(14-24-11-9-23-10-12-24)15-7-6-8-16(13-15)25-5/h6-8,13,23H,9-12,14H2,1-5H3. The summed E-state index contributed by atoms with van der Waals surface area (Å²) in [6.45, 7) is 11.8. The predicted molar refractivity (Wildman–Crippen MR) is 106 cm³/mol. The average Bonchev–Trinajstić information content (AvgIpc) is 2.87. The molecule has 0 saturated carbocycles. The van der Waals surface area contributed by atoms with Gasteiger partial charge in [-0.25, -0.2) is 4.39 Å². The number of benzene rings is 1. The van der Waals surface area contributed by atoms with Gasteiger partial charge in [-0.3, -0.25) is 4.90 Å². The lowest BCUT2D eigenvalue weighted by Crippen LogP contribution is -2.44. The molecule has 0 aromatic heterocycles. The number of ether oxygens (including phenoxy) is 1. The first-order valence-electron chi connectivity index (χ1n) is 9.55. The zero-order valence-corrected chi connectivity index (χ0v) is 17.0. The predicted octanol–water partition coefficient (Wildman–Crippen LogP) is 2.91. The highest BCUT2D eigenvalue weighted by Gasteiger charge is 2.53. The van der Waals surface area contributed by atoms with Crippen molar-refractivity contribution in [3.8, 4) is 5.75 Å². The Balaban J connectivity index is 1.95. The summed E-state index contributed by atoms with van der Waals surface area (Å²) in [5, 5.41) is 3.33. The maximum absolute atomic E-state index is 15.7. The molecule has 1 aromatic rings. The average molecular weight is 376 g/mol. The molecule has 0 amide bonds. The minimum absolute atomic E-state index is 0.361. The Hall–Kier alpha value is -1.41. The van der Waals surface area contributed by atoms with E-state index in [1.807, 2.05) is 52.0 Å². The molecule has 0 bridgehead atoms. The van der Waals surface area contributed by atoms with Gasteiger partial charge < -0.3 is 19.4 Å². The molecule has 1 N–H and O–H groups in total. The topological polar surface area (TPSA) is 43.0 Å². The molecule has 2 aliphatic heterocycles. The molecular formula is C20H30BFN2O3. The first-order valence-corrected chi connectivity index (χ1v) is 9.55. The summed E-state index contributed by atoms with van der Waals surface area (Å²) >= 11 is 0. The number of hydrogen-bond donors (Lipinski definition) is 1. The second-order valence-corrected chi connectivity index (χ2v) is 8.17. The molecule has 1 aromatic carbocycles. The number of halogens is 1. The molecule has 0 unspecified atom stereocenters. The summed E-state index contributed by atoms with van der Waals surface area (Å²) in [7, 11) is 0.614. The molecule has 0 spiro atoms. The number of rotatable bonds is 5. The van der Waals surface area contributed by atoms with Crippen LogP contribution in [-0.4, -0.2) is 63.1 Å². The first-order chi connectivity index (χ1) is 12.7. The fraction of sp³-hybridized carbons (Fsp3) is 0.600. The summed E-state index contributed by atoms with van der Waals surface area (Å²) in [6, 6.07) is 7.51. The quantitative estimate of drug-likeness (QED) is 0.801. The van der Waals surface area contributed by atoms with E-state index in [4.69, 9.17) is 14.0 Å². The molecule has 3 rings (SSSR count). The second kappa shape index (κ2) is 7.91. The number of piperazine rings is 1. The van der Waals surface area contributed by atoms with Gasteiger partial charge in [0.2, 0.25) is 0 Å². The van der Waals surface area contributed by atoms with E-state index in [0.29, 0.717) is 17.9 Å². The number of nitrogens with zero attached hydrogens (tertiary/aromatic N) is 1. The van der Waals surface area contributed by atoms with Crippen LogP contribution in [0.1, 0.15) is 33.3 Å². The molecule has 0 radical (unpaired) electrons. The molecule has 148 valence electrons. The van der Waals surface area contributed by atoms with E-state index in [2.05, 4.69) is 10.2 Å². The minimum Gasteiger partial charge on any atom is -0.497 e.